The number of imide groups is 1. The Morgan fingerprint density at radius 3 is 2.41 bits per heavy atom. The van der Waals surface area contributed by atoms with Crippen LogP contribution in [0.25, 0.3) is 5.57 Å². The number of likely N-dealkylation sites (tertiary alicyclic amines) is 1. The van der Waals surface area contributed by atoms with Crippen molar-refractivity contribution in [3.8, 4) is 0 Å². The summed E-state index contributed by atoms with van der Waals surface area (Å²) in [6, 6.07) is 9.91. The molecule has 29 heavy (non-hydrogen) atoms. The molecule has 5 nitrogen and oxygen atoms in total. The van der Waals surface area contributed by atoms with E-state index in [0.29, 0.717) is 11.3 Å². The Bertz CT molecular complexity index is 931. The average Bonchev–Trinajstić information content (AvgIpc) is 3.32. The Labute approximate surface area is 174 Å². The summed E-state index contributed by atoms with van der Waals surface area (Å²) in [6.07, 6.45) is 1.90. The summed E-state index contributed by atoms with van der Waals surface area (Å²) >= 11 is 1.46. The van der Waals surface area contributed by atoms with Gasteiger partial charge in [0, 0.05) is 18.0 Å². The number of hydrogen-bond donors (Lipinski definition) is 0. The zero-order valence-corrected chi connectivity index (χ0v) is 17.4. The molecule has 1 saturated heterocycles. The van der Waals surface area contributed by atoms with Gasteiger partial charge in [-0.15, -0.1) is 11.3 Å². The first-order valence-electron chi connectivity index (χ1n) is 9.76. The molecule has 3 heterocycles. The van der Waals surface area contributed by atoms with E-state index < -0.39 is 0 Å². The number of carbonyl (C=O) groups is 2. The Morgan fingerprint density at radius 2 is 1.79 bits per heavy atom. The maximum Gasteiger partial charge on any atom is 0.278 e. The summed E-state index contributed by atoms with van der Waals surface area (Å²) in [5.74, 6) is -0.895. The molecule has 1 aromatic carbocycles. The van der Waals surface area contributed by atoms with Crippen LogP contribution in [0, 0.1) is 5.82 Å². The van der Waals surface area contributed by atoms with Gasteiger partial charge in [0.05, 0.1) is 12.1 Å². The van der Waals surface area contributed by atoms with Crippen molar-refractivity contribution in [3.63, 3.8) is 0 Å². The van der Waals surface area contributed by atoms with Crippen LogP contribution in [-0.2, 0) is 16.1 Å². The normalized spacial score (nSPS) is 18.8. The summed E-state index contributed by atoms with van der Waals surface area (Å²) < 4.78 is 13.2. The fourth-order valence-electron chi connectivity index (χ4n) is 4.01. The predicted molar refractivity (Wildman–Crippen MR) is 111 cm³/mol. The first-order chi connectivity index (χ1) is 14.0. The third kappa shape index (κ3) is 3.84. The summed E-state index contributed by atoms with van der Waals surface area (Å²) in [4.78, 5) is 33.0. The SMILES string of the molecule is CN1CCC(N(C)C2=C(c3cccs3)C(=O)N(Cc3ccc(F)cc3)C2=O)CC1. The van der Waals surface area contributed by atoms with Crippen LogP contribution in [0.1, 0.15) is 23.3 Å². The lowest BCUT2D eigenvalue weighted by molar-refractivity contribution is -0.138. The van der Waals surface area contributed by atoms with Gasteiger partial charge in [0.15, 0.2) is 0 Å². The molecule has 2 aromatic rings. The minimum absolute atomic E-state index is 0.136. The highest BCUT2D eigenvalue weighted by molar-refractivity contribution is 7.11. The van der Waals surface area contributed by atoms with Gasteiger partial charge in [0.25, 0.3) is 11.8 Å². The van der Waals surface area contributed by atoms with Gasteiger partial charge in [0.1, 0.15) is 11.5 Å². The second kappa shape index (κ2) is 8.08. The minimum Gasteiger partial charge on any atom is -0.366 e. The van der Waals surface area contributed by atoms with E-state index in [-0.39, 0.29) is 30.2 Å². The second-order valence-electron chi connectivity index (χ2n) is 7.67. The summed E-state index contributed by atoms with van der Waals surface area (Å²) in [6.45, 7) is 2.08. The molecule has 0 spiro atoms. The van der Waals surface area contributed by atoms with E-state index in [1.807, 2.05) is 29.5 Å². The van der Waals surface area contributed by atoms with Gasteiger partial charge in [0.2, 0.25) is 0 Å². The van der Waals surface area contributed by atoms with Crippen molar-refractivity contribution < 1.29 is 14.0 Å². The topological polar surface area (TPSA) is 43.9 Å². The lowest BCUT2D eigenvalue weighted by atomic mass is 10.0. The van der Waals surface area contributed by atoms with Crippen LogP contribution in [0.15, 0.2) is 47.5 Å². The zero-order valence-electron chi connectivity index (χ0n) is 16.6. The number of thiophene rings is 1. The van der Waals surface area contributed by atoms with Crippen LogP contribution < -0.4 is 0 Å². The fraction of sp³-hybridized carbons (Fsp3) is 0.364. The first kappa shape index (κ1) is 19.8. The van der Waals surface area contributed by atoms with E-state index in [2.05, 4.69) is 11.9 Å². The van der Waals surface area contributed by atoms with Crippen molar-refractivity contribution in [1.82, 2.24) is 14.7 Å². The van der Waals surface area contributed by atoms with Gasteiger partial charge in [-0.1, -0.05) is 18.2 Å². The molecule has 0 saturated carbocycles. The van der Waals surface area contributed by atoms with Crippen LogP contribution >= 0.6 is 11.3 Å². The standard InChI is InChI=1S/C22H24FN3O2S/c1-24-11-9-17(10-12-24)25(2)20-19(18-4-3-13-29-18)21(27)26(22(20)28)14-15-5-7-16(23)8-6-15/h3-8,13,17H,9-12,14H2,1-2H3. The smallest absolute Gasteiger partial charge is 0.278 e. The highest BCUT2D eigenvalue weighted by Gasteiger charge is 2.42. The van der Waals surface area contributed by atoms with Gasteiger partial charge >= 0.3 is 0 Å². The quantitative estimate of drug-likeness (QED) is 0.707. The number of likely N-dealkylation sites (N-methyl/N-ethyl adjacent to an activating group) is 1. The number of rotatable bonds is 5. The molecule has 2 aliphatic rings. The van der Waals surface area contributed by atoms with E-state index in [9.17, 15) is 14.0 Å². The van der Waals surface area contributed by atoms with Crippen LogP contribution in [0.3, 0.4) is 0 Å². The highest BCUT2D eigenvalue weighted by Crippen LogP contribution is 2.36. The average molecular weight is 414 g/mol. The van der Waals surface area contributed by atoms with Crippen molar-refractivity contribution in [2.75, 3.05) is 27.2 Å². The maximum atomic E-state index is 13.4. The Kier molecular flexibility index (Phi) is 5.52. The molecule has 0 unspecified atom stereocenters. The lowest BCUT2D eigenvalue weighted by Gasteiger charge is -2.36. The van der Waals surface area contributed by atoms with Crippen LogP contribution in [0.5, 0.6) is 0 Å². The van der Waals surface area contributed by atoms with Crippen LogP contribution in [-0.4, -0.2) is 59.7 Å². The van der Waals surface area contributed by atoms with E-state index in [1.165, 1.54) is 28.4 Å². The molecule has 1 fully saturated rings. The van der Waals surface area contributed by atoms with E-state index >= 15 is 0 Å². The largest absolute Gasteiger partial charge is 0.366 e. The molecule has 0 radical (unpaired) electrons. The second-order valence-corrected chi connectivity index (χ2v) is 8.62. The molecular formula is C22H24FN3O2S. The molecule has 0 aliphatic carbocycles. The number of hydrogen-bond acceptors (Lipinski definition) is 5. The van der Waals surface area contributed by atoms with E-state index in [0.717, 1.165) is 36.4 Å². The van der Waals surface area contributed by atoms with E-state index in [1.54, 1.807) is 12.1 Å². The zero-order chi connectivity index (χ0) is 20.5. The Balaban J connectivity index is 1.66. The third-order valence-corrected chi connectivity index (χ3v) is 6.64. The fourth-order valence-corrected chi connectivity index (χ4v) is 4.78. The molecule has 2 amide bonds. The molecule has 0 atom stereocenters. The van der Waals surface area contributed by atoms with Crippen LogP contribution in [0.2, 0.25) is 0 Å². The molecule has 152 valence electrons. The summed E-state index contributed by atoms with van der Waals surface area (Å²) in [7, 11) is 4.02. The maximum absolute atomic E-state index is 13.4. The molecule has 1 aromatic heterocycles. The number of piperidine rings is 1. The molecular weight excluding hydrogens is 389 g/mol. The first-order valence-corrected chi connectivity index (χ1v) is 10.6. The van der Waals surface area contributed by atoms with E-state index in [4.69, 9.17) is 0 Å². The number of benzene rings is 1. The lowest BCUT2D eigenvalue weighted by Crippen LogP contribution is -2.43. The summed E-state index contributed by atoms with van der Waals surface area (Å²) in [5, 5.41) is 1.91. The van der Waals surface area contributed by atoms with Gasteiger partial charge < -0.3 is 9.80 Å². The van der Waals surface area contributed by atoms with Crippen molar-refractivity contribution in [2.45, 2.75) is 25.4 Å². The van der Waals surface area contributed by atoms with Crippen LogP contribution in [0.4, 0.5) is 4.39 Å². The van der Waals surface area contributed by atoms with Gasteiger partial charge in [-0.2, -0.15) is 0 Å². The Hall–Kier alpha value is -2.51. The molecule has 0 bridgehead atoms. The Morgan fingerprint density at radius 1 is 1.10 bits per heavy atom. The highest BCUT2D eigenvalue weighted by atomic mass is 32.1. The number of carbonyl (C=O) groups excluding carboxylic acids is 2. The van der Waals surface area contributed by atoms with Gasteiger partial charge in [-0.25, -0.2) is 4.39 Å². The number of halogens is 1. The number of nitrogens with zero attached hydrogens (tertiary/aromatic N) is 3. The molecule has 0 N–H and O–H groups in total. The molecule has 4 rings (SSSR count). The van der Waals surface area contributed by atoms with Crippen molar-refractivity contribution >= 4 is 28.7 Å². The molecule has 7 heteroatoms. The van der Waals surface area contributed by atoms with Crippen molar-refractivity contribution in [1.29, 1.82) is 0 Å². The van der Waals surface area contributed by atoms with Crippen molar-refractivity contribution in [3.05, 3.63) is 63.7 Å². The predicted octanol–water partition coefficient (Wildman–Crippen LogP) is 3.19. The third-order valence-electron chi connectivity index (χ3n) is 5.75. The number of amides is 2. The van der Waals surface area contributed by atoms with Crippen molar-refractivity contribution in [2.24, 2.45) is 0 Å². The minimum atomic E-state index is -0.340. The van der Waals surface area contributed by atoms with Gasteiger partial charge in [-0.3, -0.25) is 14.5 Å². The monoisotopic (exact) mass is 413 g/mol. The van der Waals surface area contributed by atoms with Gasteiger partial charge in [-0.05, 0) is 62.1 Å². The molecule has 2 aliphatic heterocycles. The summed E-state index contributed by atoms with van der Waals surface area (Å²) in [5.41, 5.74) is 1.68.